The molecule has 2 aromatic carbocycles. The molecule has 0 bridgehead atoms. The average molecular weight is 354 g/mol. The number of anilines is 1. The molecule has 0 amide bonds. The van der Waals surface area contributed by atoms with Gasteiger partial charge in [0.25, 0.3) is 0 Å². The fourth-order valence-electron chi connectivity index (χ4n) is 2.68. The van der Waals surface area contributed by atoms with Gasteiger partial charge in [-0.2, -0.15) is 0 Å². The van der Waals surface area contributed by atoms with Crippen molar-refractivity contribution in [1.29, 1.82) is 0 Å². The maximum Gasteiger partial charge on any atom is 0.149 e. The number of rotatable bonds is 3. The lowest BCUT2D eigenvalue weighted by Crippen LogP contribution is -2.09. The maximum absolute atomic E-state index is 13.9. The quantitative estimate of drug-likeness (QED) is 0.797. The predicted octanol–water partition coefficient (Wildman–Crippen LogP) is 4.84. The first-order chi connectivity index (χ1) is 10.1. The van der Waals surface area contributed by atoms with Crippen LogP contribution in [0.3, 0.4) is 0 Å². The van der Waals surface area contributed by atoms with Crippen molar-refractivity contribution in [3.63, 3.8) is 0 Å². The minimum Gasteiger partial charge on any atom is -0.497 e. The summed E-state index contributed by atoms with van der Waals surface area (Å²) in [4.78, 5) is 0. The van der Waals surface area contributed by atoms with Crippen molar-refractivity contribution in [2.75, 3.05) is 12.4 Å². The van der Waals surface area contributed by atoms with E-state index in [-0.39, 0.29) is 10.5 Å². The van der Waals surface area contributed by atoms with Crippen molar-refractivity contribution in [1.82, 2.24) is 0 Å². The SMILES string of the molecule is COc1ccc2c(c1)C(Nc1cc(Br)c(F)cc1F)CC2. The Balaban J connectivity index is 1.90. The van der Waals surface area contributed by atoms with Gasteiger partial charge in [-0.3, -0.25) is 0 Å². The third-order valence-electron chi connectivity index (χ3n) is 3.77. The van der Waals surface area contributed by atoms with Crippen LogP contribution < -0.4 is 10.1 Å². The minimum absolute atomic E-state index is 0.00182. The van der Waals surface area contributed by atoms with Gasteiger partial charge in [-0.25, -0.2) is 8.78 Å². The predicted molar refractivity (Wildman–Crippen MR) is 81.7 cm³/mol. The van der Waals surface area contributed by atoms with Crippen molar-refractivity contribution in [3.8, 4) is 5.75 Å². The van der Waals surface area contributed by atoms with Gasteiger partial charge in [0.2, 0.25) is 0 Å². The molecule has 110 valence electrons. The molecule has 1 unspecified atom stereocenters. The second-order valence-electron chi connectivity index (χ2n) is 5.05. The number of aryl methyl sites for hydroxylation is 1. The van der Waals surface area contributed by atoms with Crippen molar-refractivity contribution in [2.24, 2.45) is 0 Å². The number of ether oxygens (including phenoxy) is 1. The van der Waals surface area contributed by atoms with E-state index >= 15 is 0 Å². The maximum atomic E-state index is 13.9. The summed E-state index contributed by atoms with van der Waals surface area (Å²) in [5, 5.41) is 3.16. The van der Waals surface area contributed by atoms with Gasteiger partial charge < -0.3 is 10.1 Å². The van der Waals surface area contributed by atoms with Crippen LogP contribution in [-0.2, 0) is 6.42 Å². The highest BCUT2D eigenvalue weighted by Gasteiger charge is 2.24. The lowest BCUT2D eigenvalue weighted by Gasteiger charge is -2.17. The second-order valence-corrected chi connectivity index (χ2v) is 5.90. The molecular weight excluding hydrogens is 340 g/mol. The Morgan fingerprint density at radius 3 is 2.76 bits per heavy atom. The third kappa shape index (κ3) is 2.75. The summed E-state index contributed by atoms with van der Waals surface area (Å²) in [5.74, 6) is -0.415. The summed E-state index contributed by atoms with van der Waals surface area (Å²) in [6, 6.07) is 8.25. The number of hydrogen-bond donors (Lipinski definition) is 1. The van der Waals surface area contributed by atoms with Crippen LogP contribution >= 0.6 is 15.9 Å². The molecule has 0 aromatic heterocycles. The zero-order valence-corrected chi connectivity index (χ0v) is 13.0. The molecule has 3 rings (SSSR count). The van der Waals surface area contributed by atoms with Crippen molar-refractivity contribution in [2.45, 2.75) is 18.9 Å². The molecule has 1 aliphatic carbocycles. The van der Waals surface area contributed by atoms with Crippen LogP contribution in [0.25, 0.3) is 0 Å². The van der Waals surface area contributed by atoms with Crippen LogP contribution in [0.4, 0.5) is 14.5 Å². The molecule has 0 fully saturated rings. The number of benzene rings is 2. The summed E-state index contributed by atoms with van der Waals surface area (Å²) in [7, 11) is 1.62. The van der Waals surface area contributed by atoms with Crippen LogP contribution in [0.15, 0.2) is 34.8 Å². The smallest absolute Gasteiger partial charge is 0.149 e. The molecular formula is C16H14BrF2NO. The monoisotopic (exact) mass is 353 g/mol. The average Bonchev–Trinajstić information content (AvgIpc) is 2.87. The number of halogens is 3. The Bertz CT molecular complexity index is 690. The zero-order chi connectivity index (χ0) is 15.0. The van der Waals surface area contributed by atoms with Crippen LogP contribution in [0.1, 0.15) is 23.6 Å². The first-order valence-electron chi connectivity index (χ1n) is 6.66. The van der Waals surface area contributed by atoms with E-state index in [2.05, 4.69) is 21.2 Å². The molecule has 1 N–H and O–H groups in total. The third-order valence-corrected chi connectivity index (χ3v) is 4.38. The standard InChI is InChI=1S/C16H14BrF2NO/c1-21-10-4-2-9-3-5-15(11(9)6-10)20-16-7-12(17)13(18)8-14(16)19/h2,4,6-8,15,20H,3,5H2,1H3. The van der Waals surface area contributed by atoms with Gasteiger partial charge in [0.05, 0.1) is 23.3 Å². The van der Waals surface area contributed by atoms with Crippen molar-refractivity contribution < 1.29 is 13.5 Å². The number of methoxy groups -OCH3 is 1. The molecule has 1 atom stereocenters. The summed E-state index contributed by atoms with van der Waals surface area (Å²) in [5.41, 5.74) is 2.63. The van der Waals surface area contributed by atoms with Gasteiger partial charge in [0, 0.05) is 6.07 Å². The Morgan fingerprint density at radius 1 is 1.19 bits per heavy atom. The number of nitrogens with one attached hydrogen (secondary N) is 1. The van der Waals surface area contributed by atoms with Crippen LogP contribution in [-0.4, -0.2) is 7.11 Å². The molecule has 2 nitrogen and oxygen atoms in total. The van der Waals surface area contributed by atoms with Crippen LogP contribution in [0.5, 0.6) is 5.75 Å². The largest absolute Gasteiger partial charge is 0.497 e. The Kier molecular flexibility index (Phi) is 3.85. The van der Waals surface area contributed by atoms with E-state index in [0.717, 1.165) is 30.2 Å². The Labute approximate surface area is 130 Å². The fraction of sp³-hybridized carbons (Fsp3) is 0.250. The molecule has 1 aliphatic rings. The van der Waals surface area contributed by atoms with E-state index in [1.807, 2.05) is 18.2 Å². The molecule has 5 heteroatoms. The first-order valence-corrected chi connectivity index (χ1v) is 7.45. The van der Waals surface area contributed by atoms with Gasteiger partial charge >= 0.3 is 0 Å². The molecule has 0 saturated heterocycles. The van der Waals surface area contributed by atoms with E-state index in [1.165, 1.54) is 11.6 Å². The van der Waals surface area contributed by atoms with Crippen LogP contribution in [0, 0.1) is 11.6 Å². The van der Waals surface area contributed by atoms with E-state index in [4.69, 9.17) is 4.74 Å². The summed E-state index contributed by atoms with van der Waals surface area (Å²) in [6.07, 6.45) is 1.80. The summed E-state index contributed by atoms with van der Waals surface area (Å²) >= 11 is 3.08. The normalized spacial score (nSPS) is 16.7. The topological polar surface area (TPSA) is 21.3 Å². The molecule has 0 saturated carbocycles. The van der Waals surface area contributed by atoms with Gasteiger partial charge in [-0.05, 0) is 58.1 Å². The molecule has 0 heterocycles. The van der Waals surface area contributed by atoms with E-state index in [0.29, 0.717) is 5.69 Å². The lowest BCUT2D eigenvalue weighted by molar-refractivity contribution is 0.414. The second kappa shape index (κ2) is 5.64. The van der Waals surface area contributed by atoms with Gasteiger partial charge in [0.1, 0.15) is 17.4 Å². The van der Waals surface area contributed by atoms with E-state index in [9.17, 15) is 8.78 Å². The number of fused-ring (bicyclic) bond motifs is 1. The highest BCUT2D eigenvalue weighted by molar-refractivity contribution is 9.10. The molecule has 0 radical (unpaired) electrons. The van der Waals surface area contributed by atoms with Crippen molar-refractivity contribution in [3.05, 3.63) is 57.6 Å². The highest BCUT2D eigenvalue weighted by atomic mass is 79.9. The van der Waals surface area contributed by atoms with Crippen molar-refractivity contribution >= 4 is 21.6 Å². The fourth-order valence-corrected chi connectivity index (χ4v) is 3.02. The Hall–Kier alpha value is -1.62. The molecule has 21 heavy (non-hydrogen) atoms. The highest BCUT2D eigenvalue weighted by Crippen LogP contribution is 2.37. The van der Waals surface area contributed by atoms with Gasteiger partial charge in [0.15, 0.2) is 0 Å². The van der Waals surface area contributed by atoms with E-state index in [1.54, 1.807) is 7.11 Å². The van der Waals surface area contributed by atoms with E-state index < -0.39 is 11.6 Å². The minimum atomic E-state index is -0.605. The zero-order valence-electron chi connectivity index (χ0n) is 11.4. The van der Waals surface area contributed by atoms with Gasteiger partial charge in [-0.1, -0.05) is 6.07 Å². The Morgan fingerprint density at radius 2 is 2.00 bits per heavy atom. The number of hydrogen-bond acceptors (Lipinski definition) is 2. The lowest BCUT2D eigenvalue weighted by atomic mass is 10.1. The summed E-state index contributed by atoms with van der Waals surface area (Å²) < 4.78 is 32.6. The molecule has 2 aromatic rings. The molecule has 0 aliphatic heterocycles. The molecule has 0 spiro atoms. The first kappa shape index (κ1) is 14.3. The summed E-state index contributed by atoms with van der Waals surface area (Å²) in [6.45, 7) is 0. The van der Waals surface area contributed by atoms with Crippen LogP contribution in [0.2, 0.25) is 0 Å². The van der Waals surface area contributed by atoms with Gasteiger partial charge in [-0.15, -0.1) is 0 Å².